The molecule has 2 aromatic rings. The first-order valence-electron chi connectivity index (χ1n) is 7.54. The number of phenols is 1. The van der Waals surface area contributed by atoms with Gasteiger partial charge in [0.25, 0.3) is 0 Å². The fourth-order valence-electron chi connectivity index (χ4n) is 2.75. The average molecular weight is 295 g/mol. The van der Waals surface area contributed by atoms with Gasteiger partial charge in [0.1, 0.15) is 18.1 Å². The van der Waals surface area contributed by atoms with E-state index in [2.05, 4.69) is 37.2 Å². The predicted molar refractivity (Wildman–Crippen MR) is 89.1 cm³/mol. The number of phenolic OH excluding ortho intramolecular Hbond substituents is 1. The van der Waals surface area contributed by atoms with E-state index in [0.717, 1.165) is 29.9 Å². The number of hydrogen-bond acceptors (Lipinski definition) is 3. The van der Waals surface area contributed by atoms with Gasteiger partial charge in [-0.3, -0.25) is 0 Å². The van der Waals surface area contributed by atoms with Crippen molar-refractivity contribution in [1.82, 2.24) is 4.90 Å². The fraction of sp³-hybridized carbons (Fsp3) is 0.263. The third-order valence-corrected chi connectivity index (χ3v) is 3.87. The highest BCUT2D eigenvalue weighted by molar-refractivity contribution is 5.85. The van der Waals surface area contributed by atoms with Gasteiger partial charge >= 0.3 is 0 Å². The Kier molecular flexibility index (Phi) is 4.16. The molecule has 0 saturated carbocycles. The van der Waals surface area contributed by atoms with E-state index >= 15 is 0 Å². The summed E-state index contributed by atoms with van der Waals surface area (Å²) in [6.07, 6.45) is 3.19. The lowest BCUT2D eigenvalue weighted by atomic mass is 9.93. The van der Waals surface area contributed by atoms with Crippen LogP contribution >= 0.6 is 0 Å². The molecular formula is C19H21NO2. The average Bonchev–Trinajstić information content (AvgIpc) is 2.65. The monoisotopic (exact) mass is 295 g/mol. The standard InChI is InChI=1S/C19H21NO2/c1-20(2)11-5-8-17-16-7-4-3-6-14(16)13-22-19-10-9-15(21)12-18(17)19/h3-4,6-10,12,21H,5,11,13H2,1-2H3. The number of rotatable bonds is 3. The first-order valence-corrected chi connectivity index (χ1v) is 7.54. The van der Waals surface area contributed by atoms with Crippen molar-refractivity contribution in [1.29, 1.82) is 0 Å². The molecule has 1 heterocycles. The van der Waals surface area contributed by atoms with Gasteiger partial charge in [0.05, 0.1) is 0 Å². The molecule has 114 valence electrons. The number of benzene rings is 2. The minimum Gasteiger partial charge on any atom is -0.508 e. The first-order chi connectivity index (χ1) is 10.6. The van der Waals surface area contributed by atoms with Crippen LogP contribution in [0.4, 0.5) is 0 Å². The molecule has 3 heteroatoms. The molecule has 3 rings (SSSR count). The molecule has 0 aliphatic carbocycles. The molecule has 1 N–H and O–H groups in total. The van der Waals surface area contributed by atoms with Crippen LogP contribution in [0.15, 0.2) is 48.5 Å². The normalized spacial score (nSPS) is 15.1. The maximum Gasteiger partial charge on any atom is 0.127 e. The van der Waals surface area contributed by atoms with Gasteiger partial charge in [0.15, 0.2) is 0 Å². The summed E-state index contributed by atoms with van der Waals surface area (Å²) in [5.41, 5.74) is 4.46. The predicted octanol–water partition coefficient (Wildman–Crippen LogP) is 3.67. The van der Waals surface area contributed by atoms with Crippen LogP contribution in [0, 0.1) is 0 Å². The molecule has 1 aliphatic rings. The Labute approximate surface area is 131 Å². The highest BCUT2D eigenvalue weighted by Crippen LogP contribution is 2.38. The number of aromatic hydroxyl groups is 1. The Hall–Kier alpha value is -2.26. The summed E-state index contributed by atoms with van der Waals surface area (Å²) < 4.78 is 5.93. The van der Waals surface area contributed by atoms with E-state index in [1.54, 1.807) is 12.1 Å². The molecule has 0 amide bonds. The van der Waals surface area contributed by atoms with Gasteiger partial charge in [0, 0.05) is 12.1 Å². The van der Waals surface area contributed by atoms with Gasteiger partial charge in [-0.2, -0.15) is 0 Å². The fourth-order valence-corrected chi connectivity index (χ4v) is 2.75. The minimum atomic E-state index is 0.264. The van der Waals surface area contributed by atoms with Crippen LogP contribution in [0.2, 0.25) is 0 Å². The van der Waals surface area contributed by atoms with Crippen molar-refractivity contribution in [2.45, 2.75) is 13.0 Å². The lowest BCUT2D eigenvalue weighted by molar-refractivity contribution is 0.306. The zero-order valence-corrected chi connectivity index (χ0v) is 13.0. The summed E-state index contributed by atoms with van der Waals surface area (Å²) in [5, 5.41) is 9.87. The van der Waals surface area contributed by atoms with Gasteiger partial charge in [-0.1, -0.05) is 30.3 Å². The molecule has 3 nitrogen and oxygen atoms in total. The second-order valence-corrected chi connectivity index (χ2v) is 5.84. The Morgan fingerprint density at radius 1 is 1.14 bits per heavy atom. The van der Waals surface area contributed by atoms with Crippen molar-refractivity contribution in [3.8, 4) is 11.5 Å². The summed E-state index contributed by atoms with van der Waals surface area (Å²) in [7, 11) is 4.14. The molecule has 0 fully saturated rings. The SMILES string of the molecule is CN(C)CCC=C1c2ccccc2COc2ccc(O)cc21. The lowest BCUT2D eigenvalue weighted by Crippen LogP contribution is -2.12. The van der Waals surface area contributed by atoms with Gasteiger partial charge in [-0.05, 0) is 55.4 Å². The van der Waals surface area contributed by atoms with Gasteiger partial charge < -0.3 is 14.7 Å². The van der Waals surface area contributed by atoms with Gasteiger partial charge in [0.2, 0.25) is 0 Å². The van der Waals surface area contributed by atoms with Crippen molar-refractivity contribution in [3.63, 3.8) is 0 Å². The molecule has 1 aliphatic heterocycles. The molecule has 0 aromatic heterocycles. The zero-order chi connectivity index (χ0) is 15.5. The Balaban J connectivity index is 2.10. The second-order valence-electron chi connectivity index (χ2n) is 5.84. The lowest BCUT2D eigenvalue weighted by Gasteiger charge is -2.12. The van der Waals surface area contributed by atoms with Crippen molar-refractivity contribution in [3.05, 3.63) is 65.2 Å². The maximum absolute atomic E-state index is 9.87. The Morgan fingerprint density at radius 2 is 1.95 bits per heavy atom. The van der Waals surface area contributed by atoms with Crippen LogP contribution in [0.5, 0.6) is 11.5 Å². The van der Waals surface area contributed by atoms with Crippen LogP contribution in [-0.4, -0.2) is 30.6 Å². The molecular weight excluding hydrogens is 274 g/mol. The highest BCUT2D eigenvalue weighted by atomic mass is 16.5. The van der Waals surface area contributed by atoms with Crippen LogP contribution in [0.1, 0.15) is 23.1 Å². The van der Waals surface area contributed by atoms with E-state index in [1.165, 1.54) is 11.1 Å². The van der Waals surface area contributed by atoms with E-state index in [-0.39, 0.29) is 5.75 Å². The number of fused-ring (bicyclic) bond motifs is 2. The molecule has 0 saturated heterocycles. The van der Waals surface area contributed by atoms with Crippen LogP contribution < -0.4 is 4.74 Å². The number of ether oxygens (including phenoxy) is 1. The molecule has 0 atom stereocenters. The second kappa shape index (κ2) is 6.24. The summed E-state index contributed by atoms with van der Waals surface area (Å²) in [6, 6.07) is 13.6. The smallest absolute Gasteiger partial charge is 0.127 e. The molecule has 2 aromatic carbocycles. The van der Waals surface area contributed by atoms with Crippen LogP contribution in [0.3, 0.4) is 0 Å². The summed E-state index contributed by atoms with van der Waals surface area (Å²) in [5.74, 6) is 1.09. The van der Waals surface area contributed by atoms with E-state index in [1.807, 2.05) is 18.2 Å². The third-order valence-electron chi connectivity index (χ3n) is 3.87. The van der Waals surface area contributed by atoms with Crippen molar-refractivity contribution in [2.24, 2.45) is 0 Å². The Bertz CT molecular complexity index is 704. The molecule has 0 radical (unpaired) electrons. The van der Waals surface area contributed by atoms with E-state index in [9.17, 15) is 5.11 Å². The number of hydrogen-bond donors (Lipinski definition) is 1. The highest BCUT2D eigenvalue weighted by Gasteiger charge is 2.19. The summed E-state index contributed by atoms with van der Waals surface area (Å²) in [6.45, 7) is 1.54. The third kappa shape index (κ3) is 3.00. The zero-order valence-electron chi connectivity index (χ0n) is 13.0. The quantitative estimate of drug-likeness (QED) is 0.938. The van der Waals surface area contributed by atoms with Crippen LogP contribution in [0.25, 0.3) is 5.57 Å². The van der Waals surface area contributed by atoms with E-state index in [4.69, 9.17) is 4.74 Å². The van der Waals surface area contributed by atoms with Crippen molar-refractivity contribution in [2.75, 3.05) is 20.6 Å². The van der Waals surface area contributed by atoms with E-state index < -0.39 is 0 Å². The van der Waals surface area contributed by atoms with Gasteiger partial charge in [-0.25, -0.2) is 0 Å². The topological polar surface area (TPSA) is 32.7 Å². The Morgan fingerprint density at radius 3 is 2.77 bits per heavy atom. The molecule has 22 heavy (non-hydrogen) atoms. The number of nitrogens with zero attached hydrogens (tertiary/aromatic N) is 1. The van der Waals surface area contributed by atoms with Crippen molar-refractivity contribution < 1.29 is 9.84 Å². The minimum absolute atomic E-state index is 0.264. The first kappa shape index (κ1) is 14.7. The van der Waals surface area contributed by atoms with Crippen LogP contribution in [-0.2, 0) is 6.61 Å². The largest absolute Gasteiger partial charge is 0.508 e. The van der Waals surface area contributed by atoms with Gasteiger partial charge in [-0.15, -0.1) is 0 Å². The summed E-state index contributed by atoms with van der Waals surface area (Å²) in [4.78, 5) is 2.17. The maximum atomic E-state index is 9.87. The van der Waals surface area contributed by atoms with Crippen molar-refractivity contribution >= 4 is 5.57 Å². The molecule has 0 spiro atoms. The molecule has 0 bridgehead atoms. The molecule has 0 unspecified atom stereocenters. The van der Waals surface area contributed by atoms with E-state index in [0.29, 0.717) is 6.61 Å². The summed E-state index contributed by atoms with van der Waals surface area (Å²) >= 11 is 0.